The van der Waals surface area contributed by atoms with Crippen LogP contribution in [0.4, 0.5) is 0 Å². The van der Waals surface area contributed by atoms with Crippen molar-refractivity contribution in [3.63, 3.8) is 0 Å². The van der Waals surface area contributed by atoms with Gasteiger partial charge in [-0.2, -0.15) is 0 Å². The maximum absolute atomic E-state index is 12.5. The maximum atomic E-state index is 12.5. The second-order valence-electron chi connectivity index (χ2n) is 10.1. The highest BCUT2D eigenvalue weighted by molar-refractivity contribution is 5.92. The van der Waals surface area contributed by atoms with Crippen molar-refractivity contribution in [1.82, 2.24) is 0 Å². The number of allylic oxidation sites excluding steroid dienone is 1. The van der Waals surface area contributed by atoms with Gasteiger partial charge in [-0.25, -0.2) is 4.79 Å². The molecular weight excluding hydrogens is 504 g/mol. The number of hydrogen-bond donors (Lipinski definition) is 0. The molecule has 0 bridgehead atoms. The van der Waals surface area contributed by atoms with Crippen LogP contribution in [0.2, 0.25) is 0 Å². The number of hydrogen-bond acceptors (Lipinski definition) is 6. The van der Waals surface area contributed by atoms with Gasteiger partial charge in [0.15, 0.2) is 5.60 Å². The normalized spacial score (nSPS) is 16.1. The largest absolute Gasteiger partial charge is 0.493 e. The van der Waals surface area contributed by atoms with E-state index in [0.717, 1.165) is 22.3 Å². The highest BCUT2D eigenvalue weighted by Crippen LogP contribution is 2.34. The topological polar surface area (TPSA) is 71.1 Å². The number of benzene rings is 3. The third-order valence-electron chi connectivity index (χ3n) is 6.46. The first-order valence-electron chi connectivity index (χ1n) is 13.3. The molecular formula is C34H34O6. The van der Waals surface area contributed by atoms with Gasteiger partial charge in [0.2, 0.25) is 0 Å². The van der Waals surface area contributed by atoms with E-state index in [1.54, 1.807) is 0 Å². The minimum Gasteiger partial charge on any atom is -0.493 e. The predicted molar refractivity (Wildman–Crippen MR) is 153 cm³/mol. The van der Waals surface area contributed by atoms with Crippen LogP contribution in [-0.2, 0) is 30.4 Å². The van der Waals surface area contributed by atoms with Crippen molar-refractivity contribution in [3.05, 3.63) is 112 Å². The molecule has 1 atom stereocenters. The van der Waals surface area contributed by atoms with Crippen LogP contribution in [0, 0.1) is 18.8 Å². The first-order chi connectivity index (χ1) is 19.3. The van der Waals surface area contributed by atoms with E-state index in [1.807, 2.05) is 99.6 Å². The van der Waals surface area contributed by atoms with Crippen molar-refractivity contribution in [3.8, 4) is 17.6 Å². The van der Waals surface area contributed by atoms with Gasteiger partial charge in [0.05, 0.1) is 26.2 Å². The fourth-order valence-electron chi connectivity index (χ4n) is 4.15. The first-order valence-corrected chi connectivity index (χ1v) is 13.3. The molecule has 0 aliphatic carbocycles. The summed E-state index contributed by atoms with van der Waals surface area (Å²) in [5, 5.41) is 0. The Bertz CT molecular complexity index is 1390. The van der Waals surface area contributed by atoms with E-state index >= 15 is 0 Å². The highest BCUT2D eigenvalue weighted by Gasteiger charge is 2.45. The summed E-state index contributed by atoms with van der Waals surface area (Å²) >= 11 is 0. The minimum absolute atomic E-state index is 0.0549. The number of rotatable bonds is 10. The van der Waals surface area contributed by atoms with Crippen LogP contribution in [0.1, 0.15) is 48.9 Å². The van der Waals surface area contributed by atoms with Gasteiger partial charge in [-0.05, 0) is 62.7 Å². The summed E-state index contributed by atoms with van der Waals surface area (Å²) in [5.41, 5.74) is 4.45. The molecule has 1 aliphatic heterocycles. The standard InChI is InChI=1S/C34H34O6/c1-25(2)31-21-34(40-33(31)36,23-37-22-29-7-5-4-6-8-29)24-39-32(35)19-20-38-30-17-15-28(16-18-30)14-13-27-11-9-26(3)10-12-27/h4-12,15-18H,19-24H2,1-3H3. The molecule has 1 saturated heterocycles. The number of carbonyl (C=O) groups excluding carboxylic acids is 2. The average molecular weight is 539 g/mol. The zero-order valence-corrected chi connectivity index (χ0v) is 23.2. The van der Waals surface area contributed by atoms with Crippen molar-refractivity contribution in [2.24, 2.45) is 0 Å². The van der Waals surface area contributed by atoms with Gasteiger partial charge < -0.3 is 18.9 Å². The van der Waals surface area contributed by atoms with Crippen molar-refractivity contribution in [2.75, 3.05) is 19.8 Å². The molecule has 6 nitrogen and oxygen atoms in total. The third kappa shape index (κ3) is 8.33. The molecule has 206 valence electrons. The Kier molecular flexibility index (Phi) is 9.77. The predicted octanol–water partition coefficient (Wildman–Crippen LogP) is 5.95. The van der Waals surface area contributed by atoms with Gasteiger partial charge in [0, 0.05) is 23.1 Å². The van der Waals surface area contributed by atoms with Crippen LogP contribution in [0.25, 0.3) is 0 Å². The smallest absolute Gasteiger partial charge is 0.334 e. The lowest BCUT2D eigenvalue weighted by Crippen LogP contribution is -2.40. The summed E-state index contributed by atoms with van der Waals surface area (Å²) in [6.07, 6.45) is 0.380. The van der Waals surface area contributed by atoms with Crippen LogP contribution in [0.3, 0.4) is 0 Å². The molecule has 0 spiro atoms. The molecule has 1 aliphatic rings. The second-order valence-corrected chi connectivity index (χ2v) is 10.1. The Labute approximate surface area is 235 Å². The highest BCUT2D eigenvalue weighted by atomic mass is 16.6. The molecule has 3 aromatic carbocycles. The molecule has 3 aromatic rings. The summed E-state index contributed by atoms with van der Waals surface area (Å²) in [6, 6.07) is 25.2. The summed E-state index contributed by atoms with van der Waals surface area (Å²) in [4.78, 5) is 25.0. The van der Waals surface area contributed by atoms with E-state index in [4.69, 9.17) is 18.9 Å². The summed E-state index contributed by atoms with van der Waals surface area (Å²) in [7, 11) is 0. The van der Waals surface area contributed by atoms with Crippen LogP contribution in [0.15, 0.2) is 90.0 Å². The van der Waals surface area contributed by atoms with E-state index in [1.165, 1.54) is 5.56 Å². The first kappa shape index (κ1) is 28.7. The zero-order chi connectivity index (χ0) is 28.4. The molecule has 4 rings (SSSR count). The number of carbonyl (C=O) groups is 2. The molecule has 6 heteroatoms. The summed E-state index contributed by atoms with van der Waals surface area (Å²) in [6.45, 7) is 6.33. The summed E-state index contributed by atoms with van der Waals surface area (Å²) < 4.78 is 22.8. The van der Waals surface area contributed by atoms with E-state index in [-0.39, 0.29) is 26.2 Å². The lowest BCUT2D eigenvalue weighted by Gasteiger charge is -2.26. The fraction of sp³-hybridized carbons (Fsp3) is 0.294. The van der Waals surface area contributed by atoms with Crippen LogP contribution in [0.5, 0.6) is 5.75 Å². The van der Waals surface area contributed by atoms with Crippen LogP contribution < -0.4 is 4.74 Å². The van der Waals surface area contributed by atoms with Crippen molar-refractivity contribution < 1.29 is 28.5 Å². The van der Waals surface area contributed by atoms with Gasteiger partial charge in [0.1, 0.15) is 12.4 Å². The van der Waals surface area contributed by atoms with Crippen molar-refractivity contribution in [2.45, 2.75) is 45.8 Å². The lowest BCUT2D eigenvalue weighted by atomic mass is 9.97. The Morgan fingerprint density at radius 1 is 0.900 bits per heavy atom. The van der Waals surface area contributed by atoms with Gasteiger partial charge in [-0.3, -0.25) is 4.79 Å². The summed E-state index contributed by atoms with van der Waals surface area (Å²) in [5.74, 6) is 6.08. The van der Waals surface area contributed by atoms with E-state index in [2.05, 4.69) is 11.8 Å². The van der Waals surface area contributed by atoms with Gasteiger partial charge >= 0.3 is 11.9 Å². The maximum Gasteiger partial charge on any atom is 0.334 e. The monoisotopic (exact) mass is 538 g/mol. The third-order valence-corrected chi connectivity index (χ3v) is 6.46. The minimum atomic E-state index is -1.05. The van der Waals surface area contributed by atoms with E-state index < -0.39 is 17.5 Å². The molecule has 0 N–H and O–H groups in total. The van der Waals surface area contributed by atoms with Gasteiger partial charge in [-0.15, -0.1) is 0 Å². The van der Waals surface area contributed by atoms with Gasteiger partial charge in [-0.1, -0.05) is 65.4 Å². The van der Waals surface area contributed by atoms with Gasteiger partial charge in [0.25, 0.3) is 0 Å². The molecule has 0 radical (unpaired) electrons. The molecule has 40 heavy (non-hydrogen) atoms. The van der Waals surface area contributed by atoms with Crippen molar-refractivity contribution in [1.29, 1.82) is 0 Å². The Morgan fingerprint density at radius 2 is 1.55 bits per heavy atom. The second kappa shape index (κ2) is 13.6. The molecule has 1 fully saturated rings. The lowest BCUT2D eigenvalue weighted by molar-refractivity contribution is -0.169. The zero-order valence-electron chi connectivity index (χ0n) is 23.2. The number of aryl methyl sites for hydroxylation is 1. The van der Waals surface area contributed by atoms with E-state index in [9.17, 15) is 9.59 Å². The van der Waals surface area contributed by atoms with Crippen LogP contribution in [-0.4, -0.2) is 37.4 Å². The number of cyclic esters (lactones) is 1. The average Bonchev–Trinajstić information content (AvgIpc) is 3.29. The fourth-order valence-corrected chi connectivity index (χ4v) is 4.15. The molecule has 1 heterocycles. The Morgan fingerprint density at radius 3 is 2.17 bits per heavy atom. The number of esters is 2. The van der Waals surface area contributed by atoms with Crippen molar-refractivity contribution >= 4 is 11.9 Å². The SMILES string of the molecule is CC(C)=C1CC(COCc2ccccc2)(COC(=O)CCOc2ccc(C#Cc3ccc(C)cc3)cc2)OC1=O. The quantitative estimate of drug-likeness (QED) is 0.181. The Balaban J connectivity index is 1.25. The molecule has 0 aromatic heterocycles. The molecule has 0 amide bonds. The van der Waals surface area contributed by atoms with E-state index in [0.29, 0.717) is 24.4 Å². The molecule has 1 unspecified atom stereocenters. The molecule has 0 saturated carbocycles. The Hall–Kier alpha value is -4.34. The van der Waals surface area contributed by atoms with Crippen LogP contribution >= 0.6 is 0 Å². The number of ether oxygens (including phenoxy) is 4.